The lowest BCUT2D eigenvalue weighted by atomic mass is 9.99. The van der Waals surface area contributed by atoms with Crippen LogP contribution in [-0.4, -0.2) is 71.2 Å². The first-order chi connectivity index (χ1) is 18.2. The first-order valence-corrected chi connectivity index (χ1v) is 14.2. The van der Waals surface area contributed by atoms with Gasteiger partial charge in [-0.2, -0.15) is 26.7 Å². The zero-order chi connectivity index (χ0) is 26.5. The predicted molar refractivity (Wildman–Crippen MR) is 140 cm³/mol. The van der Waals surface area contributed by atoms with Crippen molar-refractivity contribution >= 4 is 43.3 Å². The summed E-state index contributed by atoms with van der Waals surface area (Å²) >= 11 is 0. The van der Waals surface area contributed by atoms with Gasteiger partial charge in [0.15, 0.2) is 5.82 Å². The number of para-hydroxylation sites is 1. The van der Waals surface area contributed by atoms with Crippen molar-refractivity contribution in [3.63, 3.8) is 0 Å². The molecule has 2 aliphatic heterocycles. The van der Waals surface area contributed by atoms with Crippen LogP contribution < -0.4 is 9.62 Å². The minimum Gasteiger partial charge on any atom is -0.371 e. The van der Waals surface area contributed by atoms with Gasteiger partial charge in [0.2, 0.25) is 0 Å². The van der Waals surface area contributed by atoms with E-state index in [2.05, 4.69) is 42.1 Å². The van der Waals surface area contributed by atoms with E-state index in [1.54, 1.807) is 10.8 Å². The summed E-state index contributed by atoms with van der Waals surface area (Å²) in [7, 11) is -5.58. The number of anilines is 2. The van der Waals surface area contributed by atoms with E-state index >= 15 is 0 Å². The van der Waals surface area contributed by atoms with Crippen LogP contribution in [0, 0.1) is 0 Å². The van der Waals surface area contributed by atoms with Crippen LogP contribution in [0.2, 0.25) is 0 Å². The molecular weight excluding hydrogens is 519 g/mol. The number of H-pyrrole nitrogens is 2. The minimum absolute atomic E-state index is 0.0630. The van der Waals surface area contributed by atoms with Crippen LogP contribution in [0.3, 0.4) is 0 Å². The van der Waals surface area contributed by atoms with Gasteiger partial charge < -0.3 is 14.8 Å². The topological polar surface area (TPSA) is 110 Å². The van der Waals surface area contributed by atoms with Gasteiger partial charge in [0.25, 0.3) is 0 Å². The summed E-state index contributed by atoms with van der Waals surface area (Å²) in [5.41, 5.74) is -2.51. The third-order valence-electron chi connectivity index (χ3n) is 7.57. The number of halogens is 3. The molecule has 0 unspecified atom stereocenters. The van der Waals surface area contributed by atoms with E-state index in [1.165, 1.54) is 44.5 Å². The molecule has 4 heterocycles. The molecule has 4 aromatic rings. The Hall–Kier alpha value is -3.32. The summed E-state index contributed by atoms with van der Waals surface area (Å²) in [6.07, 6.45) is 6.23. The number of imidazole rings is 1. The first-order valence-electron chi connectivity index (χ1n) is 12.7. The second kappa shape index (κ2) is 9.45. The first kappa shape index (κ1) is 25.0. The third kappa shape index (κ3) is 4.57. The molecule has 3 N–H and O–H groups in total. The van der Waals surface area contributed by atoms with Gasteiger partial charge in [0.05, 0.1) is 16.7 Å². The number of alkyl halides is 3. The van der Waals surface area contributed by atoms with E-state index in [0.717, 1.165) is 42.7 Å². The van der Waals surface area contributed by atoms with Crippen LogP contribution >= 0.6 is 0 Å². The Bertz CT molecular complexity index is 1570. The average Bonchev–Trinajstić information content (AvgIpc) is 3.53. The van der Waals surface area contributed by atoms with Gasteiger partial charge in [-0.05, 0) is 63.0 Å². The van der Waals surface area contributed by atoms with Crippen LogP contribution in [0.5, 0.6) is 0 Å². The molecule has 2 saturated heterocycles. The Morgan fingerprint density at radius 1 is 1.00 bits per heavy atom. The van der Waals surface area contributed by atoms with E-state index in [4.69, 9.17) is 0 Å². The Kier molecular flexibility index (Phi) is 6.22. The summed E-state index contributed by atoms with van der Waals surface area (Å²) in [6.45, 7) is 4.42. The lowest BCUT2D eigenvalue weighted by Crippen LogP contribution is -2.46. The molecule has 38 heavy (non-hydrogen) atoms. The lowest BCUT2D eigenvalue weighted by Gasteiger charge is -2.41. The zero-order valence-corrected chi connectivity index (χ0v) is 21.4. The van der Waals surface area contributed by atoms with Crippen molar-refractivity contribution in [1.82, 2.24) is 25.1 Å². The molecule has 2 aliphatic rings. The van der Waals surface area contributed by atoms with Crippen LogP contribution in [0.25, 0.3) is 33.5 Å². The number of likely N-dealkylation sites (tertiary alicyclic amines) is 1. The van der Waals surface area contributed by atoms with Crippen molar-refractivity contribution in [3.05, 3.63) is 36.4 Å². The molecule has 0 aliphatic carbocycles. The average molecular weight is 548 g/mol. The van der Waals surface area contributed by atoms with Crippen molar-refractivity contribution in [2.45, 2.75) is 43.7 Å². The smallest absolute Gasteiger partial charge is 0.371 e. The Labute approximate surface area is 217 Å². The predicted octanol–water partition coefficient (Wildman–Crippen LogP) is 4.82. The molecule has 0 atom stereocenters. The summed E-state index contributed by atoms with van der Waals surface area (Å²) in [6, 6.07) is 11.1. The maximum absolute atomic E-state index is 12.9. The monoisotopic (exact) mass is 547 g/mol. The standard InChI is InChI=1S/C25H28F3N7O2S/c26-25(27,28)38(36,37)33-20-6-4-5-18-22(20)31-32-23(18)24-29-19-8-7-17(15-21(19)30-24)35-13-9-16(10-14-35)34-11-2-1-3-12-34/h4-8,15-16,33H,1-3,9-14H2,(H,29,30)(H,31,32). The molecule has 2 aromatic heterocycles. The number of benzene rings is 2. The number of aromatic nitrogens is 4. The van der Waals surface area contributed by atoms with Crippen LogP contribution in [0.4, 0.5) is 24.5 Å². The van der Waals surface area contributed by atoms with Crippen LogP contribution in [-0.2, 0) is 10.0 Å². The van der Waals surface area contributed by atoms with Gasteiger partial charge >= 0.3 is 15.5 Å². The number of piperidine rings is 2. The molecule has 202 valence electrons. The summed E-state index contributed by atoms with van der Waals surface area (Å²) in [4.78, 5) is 13.0. The van der Waals surface area contributed by atoms with Gasteiger partial charge in [-0.25, -0.2) is 4.98 Å². The molecular formula is C25H28F3N7O2S. The number of sulfonamides is 1. The Morgan fingerprint density at radius 3 is 2.50 bits per heavy atom. The number of aromatic amines is 2. The SMILES string of the molecule is O=S(=O)(Nc1cccc2c(-c3nc4ccc(N5CCC(N6CCCCC6)CC5)cc4[nH]3)[nH]nc12)C(F)(F)F. The Balaban J connectivity index is 1.23. The summed E-state index contributed by atoms with van der Waals surface area (Å²) in [5.74, 6) is 0.458. The number of nitrogens with zero attached hydrogens (tertiary/aromatic N) is 4. The largest absolute Gasteiger partial charge is 0.516 e. The highest BCUT2D eigenvalue weighted by Gasteiger charge is 2.46. The fourth-order valence-corrected chi connectivity index (χ4v) is 6.16. The van der Waals surface area contributed by atoms with Gasteiger partial charge in [-0.15, -0.1) is 0 Å². The van der Waals surface area contributed by atoms with Gasteiger partial charge in [-0.1, -0.05) is 18.6 Å². The molecule has 0 bridgehead atoms. The highest BCUT2D eigenvalue weighted by atomic mass is 32.2. The summed E-state index contributed by atoms with van der Waals surface area (Å²) < 4.78 is 63.5. The van der Waals surface area contributed by atoms with E-state index in [-0.39, 0.29) is 11.2 Å². The highest BCUT2D eigenvalue weighted by molar-refractivity contribution is 7.93. The van der Waals surface area contributed by atoms with Gasteiger partial charge in [0, 0.05) is 30.2 Å². The second-order valence-corrected chi connectivity index (χ2v) is 11.6. The van der Waals surface area contributed by atoms with Crippen molar-refractivity contribution < 1.29 is 21.6 Å². The normalized spacial score (nSPS) is 18.4. The van der Waals surface area contributed by atoms with Crippen LogP contribution in [0.1, 0.15) is 32.1 Å². The maximum Gasteiger partial charge on any atom is 0.516 e. The maximum atomic E-state index is 12.9. The van der Waals surface area contributed by atoms with Gasteiger partial charge in [-0.3, -0.25) is 9.82 Å². The third-order valence-corrected chi connectivity index (χ3v) is 8.67. The van der Waals surface area contributed by atoms with E-state index in [9.17, 15) is 21.6 Å². The van der Waals surface area contributed by atoms with Gasteiger partial charge in [0.1, 0.15) is 11.2 Å². The van der Waals surface area contributed by atoms with Crippen molar-refractivity contribution in [2.75, 3.05) is 35.8 Å². The lowest BCUT2D eigenvalue weighted by molar-refractivity contribution is -0.0429. The number of fused-ring (bicyclic) bond motifs is 2. The molecule has 0 radical (unpaired) electrons. The van der Waals surface area contributed by atoms with Crippen molar-refractivity contribution in [1.29, 1.82) is 0 Å². The molecule has 0 saturated carbocycles. The fourth-order valence-electron chi connectivity index (χ4n) is 5.59. The number of hydrogen-bond donors (Lipinski definition) is 3. The number of hydrogen-bond acceptors (Lipinski definition) is 6. The van der Waals surface area contributed by atoms with Crippen molar-refractivity contribution in [3.8, 4) is 11.5 Å². The molecule has 0 spiro atoms. The molecule has 2 aromatic carbocycles. The minimum atomic E-state index is -5.58. The van der Waals surface area contributed by atoms with E-state index < -0.39 is 15.5 Å². The summed E-state index contributed by atoms with van der Waals surface area (Å²) in [5, 5.41) is 7.31. The Morgan fingerprint density at radius 2 is 1.76 bits per heavy atom. The second-order valence-electron chi connectivity index (χ2n) is 9.95. The molecule has 13 heteroatoms. The number of rotatable bonds is 5. The van der Waals surface area contributed by atoms with E-state index in [1.807, 2.05) is 6.07 Å². The van der Waals surface area contributed by atoms with Crippen LogP contribution in [0.15, 0.2) is 36.4 Å². The fraction of sp³-hybridized carbons (Fsp3) is 0.440. The quantitative estimate of drug-likeness (QED) is 0.331. The molecule has 2 fully saturated rings. The highest BCUT2D eigenvalue weighted by Crippen LogP contribution is 2.34. The molecule has 0 amide bonds. The van der Waals surface area contributed by atoms with E-state index in [0.29, 0.717) is 22.9 Å². The van der Waals surface area contributed by atoms with Crippen molar-refractivity contribution in [2.24, 2.45) is 0 Å². The molecule has 6 rings (SSSR count). The number of nitrogens with one attached hydrogen (secondary N) is 3. The zero-order valence-electron chi connectivity index (χ0n) is 20.6. The molecule has 9 nitrogen and oxygen atoms in total.